The molecule has 1 atom stereocenters. The summed E-state index contributed by atoms with van der Waals surface area (Å²) in [5.74, 6) is -0.144. The van der Waals surface area contributed by atoms with E-state index in [9.17, 15) is 18.0 Å². The van der Waals surface area contributed by atoms with Gasteiger partial charge < -0.3 is 10.1 Å². The lowest BCUT2D eigenvalue weighted by Crippen LogP contribution is -2.35. The largest absolute Gasteiger partial charge is 0.416 e. The van der Waals surface area contributed by atoms with Crippen LogP contribution in [0.4, 0.5) is 13.2 Å². The second-order valence-electron chi connectivity index (χ2n) is 4.74. The number of alkyl halides is 3. The quantitative estimate of drug-likeness (QED) is 0.924. The van der Waals surface area contributed by atoms with E-state index in [1.165, 1.54) is 12.1 Å². The molecule has 1 heterocycles. The summed E-state index contributed by atoms with van der Waals surface area (Å²) in [7, 11) is 0. The highest BCUT2D eigenvalue weighted by atomic mass is 19.4. The van der Waals surface area contributed by atoms with E-state index in [4.69, 9.17) is 4.74 Å². The third kappa shape index (κ3) is 3.96. The molecule has 3 nitrogen and oxygen atoms in total. The Morgan fingerprint density at radius 1 is 1.30 bits per heavy atom. The molecule has 1 amide bonds. The molecule has 1 saturated heterocycles. The summed E-state index contributed by atoms with van der Waals surface area (Å²) < 4.78 is 42.4. The minimum Gasteiger partial charge on any atom is -0.368 e. The van der Waals surface area contributed by atoms with Crippen LogP contribution in [0.1, 0.15) is 24.0 Å². The van der Waals surface area contributed by atoms with Crippen LogP contribution in [0.2, 0.25) is 0 Å². The van der Waals surface area contributed by atoms with Crippen molar-refractivity contribution in [2.75, 3.05) is 13.2 Å². The number of hydrogen-bond donors (Lipinski definition) is 1. The zero-order valence-electron chi connectivity index (χ0n) is 10.9. The van der Waals surface area contributed by atoms with Crippen molar-refractivity contribution in [2.24, 2.45) is 0 Å². The lowest BCUT2D eigenvalue weighted by molar-refractivity contribution is -0.137. The van der Waals surface area contributed by atoms with E-state index in [-0.39, 0.29) is 12.0 Å². The van der Waals surface area contributed by atoms with Crippen molar-refractivity contribution in [1.82, 2.24) is 5.32 Å². The van der Waals surface area contributed by atoms with Crippen LogP contribution >= 0.6 is 0 Å². The van der Waals surface area contributed by atoms with Gasteiger partial charge in [-0.05, 0) is 37.0 Å². The minimum absolute atomic E-state index is 0.144. The van der Waals surface area contributed by atoms with E-state index in [0.29, 0.717) is 19.6 Å². The Hall–Kier alpha value is -1.56. The predicted octanol–water partition coefficient (Wildman–Crippen LogP) is 2.54. The molecular weight excluding hydrogens is 271 g/mol. The van der Waals surface area contributed by atoms with E-state index in [1.807, 2.05) is 0 Å². The molecule has 0 radical (unpaired) electrons. The molecule has 2 rings (SSSR count). The highest BCUT2D eigenvalue weighted by Gasteiger charge is 2.29. The summed E-state index contributed by atoms with van der Waals surface area (Å²) in [6.45, 7) is 1.00. The van der Waals surface area contributed by atoms with Crippen molar-refractivity contribution in [3.8, 4) is 0 Å². The molecule has 0 bridgehead atoms. The number of rotatable bonds is 4. The van der Waals surface area contributed by atoms with Gasteiger partial charge in [0, 0.05) is 13.2 Å². The normalized spacial score (nSPS) is 19.1. The zero-order chi connectivity index (χ0) is 14.6. The Balaban J connectivity index is 1.78. The van der Waals surface area contributed by atoms with Gasteiger partial charge in [-0.2, -0.15) is 13.2 Å². The number of amides is 1. The maximum absolute atomic E-state index is 12.4. The van der Waals surface area contributed by atoms with Crippen molar-refractivity contribution < 1.29 is 22.7 Å². The van der Waals surface area contributed by atoms with Crippen LogP contribution in [0, 0.1) is 0 Å². The van der Waals surface area contributed by atoms with Crippen LogP contribution in [0.25, 0.3) is 0 Å². The Labute approximate surface area is 115 Å². The van der Waals surface area contributed by atoms with Gasteiger partial charge in [-0.15, -0.1) is 0 Å². The fraction of sp³-hybridized carbons (Fsp3) is 0.500. The van der Waals surface area contributed by atoms with Crippen LogP contribution in [0.5, 0.6) is 0 Å². The van der Waals surface area contributed by atoms with Crippen molar-refractivity contribution >= 4 is 5.91 Å². The molecule has 1 aromatic rings. The van der Waals surface area contributed by atoms with E-state index in [2.05, 4.69) is 5.32 Å². The first-order valence-corrected chi connectivity index (χ1v) is 6.52. The number of ether oxygens (including phenoxy) is 1. The molecule has 1 aliphatic rings. The topological polar surface area (TPSA) is 38.3 Å². The van der Waals surface area contributed by atoms with Crippen LogP contribution in [-0.2, 0) is 22.1 Å². The van der Waals surface area contributed by atoms with Gasteiger partial charge in [0.2, 0.25) is 5.91 Å². The maximum Gasteiger partial charge on any atom is 0.416 e. The molecule has 110 valence electrons. The molecule has 0 saturated carbocycles. The van der Waals surface area contributed by atoms with Crippen LogP contribution in [0.15, 0.2) is 24.3 Å². The highest BCUT2D eigenvalue weighted by molar-refractivity contribution is 5.80. The van der Waals surface area contributed by atoms with Gasteiger partial charge in [0.1, 0.15) is 6.10 Å². The summed E-state index contributed by atoms with van der Waals surface area (Å²) in [6, 6.07) is 4.97. The van der Waals surface area contributed by atoms with Crippen molar-refractivity contribution in [3.63, 3.8) is 0 Å². The van der Waals surface area contributed by atoms with E-state index in [0.717, 1.165) is 30.5 Å². The fourth-order valence-electron chi connectivity index (χ4n) is 2.09. The van der Waals surface area contributed by atoms with Crippen molar-refractivity contribution in [3.05, 3.63) is 35.4 Å². The molecule has 1 N–H and O–H groups in total. The van der Waals surface area contributed by atoms with Crippen LogP contribution in [-0.4, -0.2) is 25.2 Å². The lowest BCUT2D eigenvalue weighted by Gasteiger charge is -2.11. The lowest BCUT2D eigenvalue weighted by atomic mass is 10.1. The van der Waals surface area contributed by atoms with Gasteiger partial charge in [-0.1, -0.05) is 12.1 Å². The second-order valence-corrected chi connectivity index (χ2v) is 4.74. The number of halogens is 3. The molecule has 1 aromatic carbocycles. The van der Waals surface area contributed by atoms with E-state index in [1.54, 1.807) is 0 Å². The first-order chi connectivity index (χ1) is 9.47. The minimum atomic E-state index is -4.31. The predicted molar refractivity (Wildman–Crippen MR) is 67.1 cm³/mol. The summed E-state index contributed by atoms with van der Waals surface area (Å²) in [4.78, 5) is 11.6. The third-order valence-electron chi connectivity index (χ3n) is 3.22. The summed E-state index contributed by atoms with van der Waals surface area (Å²) >= 11 is 0. The summed E-state index contributed by atoms with van der Waals surface area (Å²) in [6.07, 6.45) is -2.57. The van der Waals surface area contributed by atoms with Crippen LogP contribution in [0.3, 0.4) is 0 Å². The second kappa shape index (κ2) is 6.26. The molecule has 1 unspecified atom stereocenters. The Morgan fingerprint density at radius 2 is 2.00 bits per heavy atom. The van der Waals surface area contributed by atoms with Gasteiger partial charge in [0.15, 0.2) is 0 Å². The molecule has 6 heteroatoms. The molecule has 0 spiro atoms. The standard InChI is InChI=1S/C14H16F3NO2/c15-14(16,17)11-5-3-10(4-6-11)7-8-18-13(19)12-2-1-9-20-12/h3-6,12H,1-2,7-9H2,(H,18,19). The highest BCUT2D eigenvalue weighted by Crippen LogP contribution is 2.29. The number of nitrogens with one attached hydrogen (secondary N) is 1. The average Bonchev–Trinajstić information content (AvgIpc) is 2.92. The molecule has 1 aliphatic heterocycles. The molecule has 0 aromatic heterocycles. The molecule has 1 fully saturated rings. The van der Waals surface area contributed by atoms with Crippen molar-refractivity contribution in [2.45, 2.75) is 31.5 Å². The average molecular weight is 287 g/mol. The van der Waals surface area contributed by atoms with E-state index < -0.39 is 11.7 Å². The molecule has 20 heavy (non-hydrogen) atoms. The van der Waals surface area contributed by atoms with Gasteiger partial charge in [0.25, 0.3) is 0 Å². The van der Waals surface area contributed by atoms with Crippen molar-refractivity contribution in [1.29, 1.82) is 0 Å². The SMILES string of the molecule is O=C(NCCc1ccc(C(F)(F)F)cc1)C1CCCO1. The van der Waals surface area contributed by atoms with Gasteiger partial charge in [-0.25, -0.2) is 0 Å². The monoisotopic (exact) mass is 287 g/mol. The first-order valence-electron chi connectivity index (χ1n) is 6.52. The van der Waals surface area contributed by atoms with E-state index >= 15 is 0 Å². The summed E-state index contributed by atoms with van der Waals surface area (Å²) in [5.41, 5.74) is 0.0929. The number of hydrogen-bond acceptors (Lipinski definition) is 2. The zero-order valence-corrected chi connectivity index (χ0v) is 10.9. The molecule has 0 aliphatic carbocycles. The Bertz CT molecular complexity index is 450. The van der Waals surface area contributed by atoms with Crippen LogP contribution < -0.4 is 5.32 Å². The van der Waals surface area contributed by atoms with Gasteiger partial charge in [-0.3, -0.25) is 4.79 Å². The van der Waals surface area contributed by atoms with Gasteiger partial charge in [0.05, 0.1) is 5.56 Å². The number of benzene rings is 1. The first kappa shape index (κ1) is 14.8. The fourth-order valence-corrected chi connectivity index (χ4v) is 2.09. The summed E-state index contributed by atoms with van der Waals surface area (Å²) in [5, 5.41) is 2.73. The Morgan fingerprint density at radius 3 is 2.55 bits per heavy atom. The van der Waals surface area contributed by atoms with Gasteiger partial charge >= 0.3 is 6.18 Å². The third-order valence-corrected chi connectivity index (χ3v) is 3.22. The Kier molecular flexibility index (Phi) is 4.65. The number of carbonyl (C=O) groups is 1. The number of carbonyl (C=O) groups excluding carboxylic acids is 1. The smallest absolute Gasteiger partial charge is 0.368 e. The maximum atomic E-state index is 12.4. The molecular formula is C14H16F3NO2.